The minimum Gasteiger partial charge on any atom is -0.345 e. The zero-order chi connectivity index (χ0) is 22.2. The van der Waals surface area contributed by atoms with Gasteiger partial charge in [0.25, 0.3) is 0 Å². The Labute approximate surface area is 185 Å². The van der Waals surface area contributed by atoms with Crippen LogP contribution >= 0.6 is 11.3 Å². The van der Waals surface area contributed by atoms with Crippen molar-refractivity contribution in [2.24, 2.45) is 0 Å². The minimum atomic E-state index is -3.62. The number of rotatable bonds is 5. The van der Waals surface area contributed by atoms with Crippen molar-refractivity contribution >= 4 is 42.4 Å². The van der Waals surface area contributed by atoms with E-state index in [2.05, 4.69) is 30.9 Å². The van der Waals surface area contributed by atoms with Gasteiger partial charge >= 0.3 is 0 Å². The highest BCUT2D eigenvalue weighted by atomic mass is 32.2. The second-order valence-corrected chi connectivity index (χ2v) is 10.9. The summed E-state index contributed by atoms with van der Waals surface area (Å²) >= 11 is 1.66. The molecule has 3 aromatic rings. The van der Waals surface area contributed by atoms with Crippen LogP contribution in [0, 0.1) is 19.7 Å². The number of halogens is 1. The van der Waals surface area contributed by atoms with E-state index in [1.807, 2.05) is 0 Å². The number of sulfone groups is 1. The molecule has 1 saturated heterocycles. The van der Waals surface area contributed by atoms with Crippen LogP contribution in [0.3, 0.4) is 0 Å². The summed E-state index contributed by atoms with van der Waals surface area (Å²) in [7, 11) is -3.62. The van der Waals surface area contributed by atoms with Gasteiger partial charge in [0.15, 0.2) is 15.0 Å². The molecule has 31 heavy (non-hydrogen) atoms. The molecule has 0 saturated carbocycles. The number of hydrogen-bond donors (Lipinski definition) is 0. The molecule has 0 radical (unpaired) electrons. The number of amides is 1. The highest BCUT2D eigenvalue weighted by molar-refractivity contribution is 7.91. The van der Waals surface area contributed by atoms with Gasteiger partial charge in [0.05, 0.1) is 20.9 Å². The second kappa shape index (κ2) is 8.55. The van der Waals surface area contributed by atoms with Gasteiger partial charge in [0.1, 0.15) is 5.82 Å². The Morgan fingerprint density at radius 3 is 2.45 bits per heavy atom. The molecule has 2 heterocycles. The van der Waals surface area contributed by atoms with Crippen LogP contribution in [0.1, 0.15) is 17.5 Å². The van der Waals surface area contributed by atoms with Crippen molar-refractivity contribution in [1.29, 1.82) is 0 Å². The van der Waals surface area contributed by atoms with Gasteiger partial charge < -0.3 is 9.80 Å². The summed E-state index contributed by atoms with van der Waals surface area (Å²) in [5.41, 5.74) is 3.40. The summed E-state index contributed by atoms with van der Waals surface area (Å²) in [5, 5.41) is 0.953. The van der Waals surface area contributed by atoms with Crippen molar-refractivity contribution in [2.75, 3.05) is 36.8 Å². The van der Waals surface area contributed by atoms with Crippen molar-refractivity contribution in [3.63, 3.8) is 0 Å². The van der Waals surface area contributed by atoms with Crippen molar-refractivity contribution in [3.05, 3.63) is 53.3 Å². The molecular weight excluding hydrogens is 437 g/mol. The second-order valence-electron chi connectivity index (χ2n) is 7.82. The van der Waals surface area contributed by atoms with E-state index in [1.54, 1.807) is 16.2 Å². The molecule has 1 amide bonds. The SMILES string of the molecule is Cc1cc(C)c2nc(N3CCN(C(=O)CCS(=O)(=O)c4ccc(F)cc4)CC3)sc2c1. The van der Waals surface area contributed by atoms with E-state index in [9.17, 15) is 17.6 Å². The average molecular weight is 462 g/mol. The fourth-order valence-electron chi connectivity index (χ4n) is 3.78. The van der Waals surface area contributed by atoms with E-state index in [4.69, 9.17) is 4.98 Å². The normalized spacial score (nSPS) is 14.9. The lowest BCUT2D eigenvalue weighted by Gasteiger charge is -2.34. The van der Waals surface area contributed by atoms with Gasteiger partial charge in [-0.2, -0.15) is 0 Å². The molecule has 9 heteroatoms. The molecule has 0 atom stereocenters. The fourth-order valence-corrected chi connectivity index (χ4v) is 6.20. The van der Waals surface area contributed by atoms with Gasteiger partial charge in [-0.3, -0.25) is 4.79 Å². The third-order valence-corrected chi connectivity index (χ3v) is 8.27. The Hall–Kier alpha value is -2.52. The topological polar surface area (TPSA) is 70.6 Å². The smallest absolute Gasteiger partial charge is 0.223 e. The Bertz CT molecular complexity index is 1210. The summed E-state index contributed by atoms with van der Waals surface area (Å²) in [5.74, 6) is -0.957. The molecule has 164 valence electrons. The van der Waals surface area contributed by atoms with E-state index in [0.717, 1.165) is 33.0 Å². The highest BCUT2D eigenvalue weighted by Crippen LogP contribution is 2.32. The van der Waals surface area contributed by atoms with Gasteiger partial charge in [-0.05, 0) is 55.3 Å². The van der Waals surface area contributed by atoms with Gasteiger partial charge in [0, 0.05) is 32.6 Å². The monoisotopic (exact) mass is 461 g/mol. The summed E-state index contributed by atoms with van der Waals surface area (Å²) < 4.78 is 39.0. The van der Waals surface area contributed by atoms with Crippen LogP contribution in [0.25, 0.3) is 10.2 Å². The zero-order valence-electron chi connectivity index (χ0n) is 17.5. The number of thiazole rings is 1. The lowest BCUT2D eigenvalue weighted by atomic mass is 10.1. The quantitative estimate of drug-likeness (QED) is 0.544. The van der Waals surface area contributed by atoms with Gasteiger partial charge in [-0.1, -0.05) is 17.4 Å². The number of fused-ring (bicyclic) bond motifs is 1. The first-order valence-electron chi connectivity index (χ1n) is 10.1. The van der Waals surface area contributed by atoms with Crippen LogP contribution in [0.5, 0.6) is 0 Å². The largest absolute Gasteiger partial charge is 0.345 e. The summed E-state index contributed by atoms with van der Waals surface area (Å²) in [4.78, 5) is 21.3. The van der Waals surface area contributed by atoms with Crippen LogP contribution in [0.4, 0.5) is 9.52 Å². The maximum Gasteiger partial charge on any atom is 0.223 e. The van der Waals surface area contributed by atoms with Crippen molar-refractivity contribution in [2.45, 2.75) is 25.2 Å². The Kier molecular flexibility index (Phi) is 5.98. The molecule has 2 aromatic carbocycles. The molecule has 0 unspecified atom stereocenters. The molecule has 1 aromatic heterocycles. The van der Waals surface area contributed by atoms with E-state index in [1.165, 1.54) is 17.7 Å². The maximum atomic E-state index is 13.0. The first-order chi connectivity index (χ1) is 14.7. The van der Waals surface area contributed by atoms with Crippen LogP contribution in [-0.2, 0) is 14.6 Å². The molecule has 4 rings (SSSR count). The molecule has 6 nitrogen and oxygen atoms in total. The zero-order valence-corrected chi connectivity index (χ0v) is 19.1. The van der Waals surface area contributed by atoms with E-state index < -0.39 is 15.7 Å². The van der Waals surface area contributed by atoms with Gasteiger partial charge in [-0.25, -0.2) is 17.8 Å². The number of benzene rings is 2. The van der Waals surface area contributed by atoms with Gasteiger partial charge in [0.2, 0.25) is 5.91 Å². The lowest BCUT2D eigenvalue weighted by molar-refractivity contribution is -0.131. The van der Waals surface area contributed by atoms with E-state index in [0.29, 0.717) is 26.2 Å². The molecule has 1 aliphatic rings. The Balaban J connectivity index is 1.35. The molecule has 0 aliphatic carbocycles. The molecule has 0 spiro atoms. The first-order valence-corrected chi connectivity index (χ1v) is 12.6. The number of nitrogens with zero attached hydrogens (tertiary/aromatic N) is 3. The van der Waals surface area contributed by atoms with Crippen molar-refractivity contribution in [1.82, 2.24) is 9.88 Å². The third kappa shape index (κ3) is 4.72. The number of hydrogen-bond acceptors (Lipinski definition) is 6. The minimum absolute atomic E-state index is 0.0351. The van der Waals surface area contributed by atoms with Crippen molar-refractivity contribution in [3.8, 4) is 0 Å². The van der Waals surface area contributed by atoms with Crippen LogP contribution in [-0.4, -0.2) is 56.1 Å². The lowest BCUT2D eigenvalue weighted by Crippen LogP contribution is -2.49. The summed E-state index contributed by atoms with van der Waals surface area (Å²) in [6.45, 7) is 6.53. The predicted octanol–water partition coefficient (Wildman–Crippen LogP) is 3.56. The number of aromatic nitrogens is 1. The maximum absolute atomic E-state index is 13.0. The Morgan fingerprint density at radius 2 is 1.77 bits per heavy atom. The first kappa shape index (κ1) is 21.7. The standard InChI is InChI=1S/C22H24FN3O3S2/c1-15-13-16(2)21-19(14-15)30-22(24-21)26-10-8-25(9-11-26)20(27)7-12-31(28,29)18-5-3-17(23)4-6-18/h3-6,13-14H,7-12H2,1-2H3. The summed E-state index contributed by atoms with van der Waals surface area (Å²) in [6, 6.07) is 8.95. The molecular formula is C22H24FN3O3S2. The number of aryl methyl sites for hydroxylation is 2. The highest BCUT2D eigenvalue weighted by Gasteiger charge is 2.25. The molecule has 1 aliphatic heterocycles. The van der Waals surface area contributed by atoms with Gasteiger partial charge in [-0.15, -0.1) is 0 Å². The number of piperazine rings is 1. The fraction of sp³-hybridized carbons (Fsp3) is 0.364. The number of carbonyl (C=O) groups is 1. The number of anilines is 1. The molecule has 0 N–H and O–H groups in total. The van der Waals surface area contributed by atoms with Crippen LogP contribution in [0.2, 0.25) is 0 Å². The average Bonchev–Trinajstić information content (AvgIpc) is 3.17. The van der Waals surface area contributed by atoms with E-state index in [-0.39, 0.29) is 23.0 Å². The number of carbonyl (C=O) groups excluding carboxylic acids is 1. The predicted molar refractivity (Wildman–Crippen MR) is 121 cm³/mol. The van der Waals surface area contributed by atoms with Crippen LogP contribution < -0.4 is 4.90 Å². The molecule has 1 fully saturated rings. The van der Waals surface area contributed by atoms with Crippen molar-refractivity contribution < 1.29 is 17.6 Å². The van der Waals surface area contributed by atoms with E-state index >= 15 is 0 Å². The molecule has 0 bridgehead atoms. The Morgan fingerprint density at radius 1 is 1.10 bits per heavy atom. The summed E-state index contributed by atoms with van der Waals surface area (Å²) in [6.07, 6.45) is -0.0840. The third-order valence-electron chi connectivity index (χ3n) is 5.48. The van der Waals surface area contributed by atoms with Crippen LogP contribution in [0.15, 0.2) is 41.3 Å².